The van der Waals surface area contributed by atoms with E-state index in [1.165, 1.54) is 25.0 Å². The van der Waals surface area contributed by atoms with Gasteiger partial charge in [0.1, 0.15) is 5.82 Å². The van der Waals surface area contributed by atoms with Crippen molar-refractivity contribution in [2.75, 3.05) is 18.5 Å². The fraction of sp³-hybridized carbons (Fsp3) is 0.722. The molecule has 3 nitrogen and oxygen atoms in total. The molecule has 1 aliphatic carbocycles. The molecule has 1 atom stereocenters. The molecule has 1 spiro atoms. The summed E-state index contributed by atoms with van der Waals surface area (Å²) in [6, 6.07) is 6.77. The summed E-state index contributed by atoms with van der Waals surface area (Å²) in [5.41, 5.74) is 1.77. The molecule has 1 unspecified atom stereocenters. The van der Waals surface area contributed by atoms with Gasteiger partial charge in [-0.05, 0) is 68.9 Å². The number of rotatable bonds is 5. The number of aromatic nitrogens is 1. The Labute approximate surface area is 128 Å². The molecule has 0 amide bonds. The van der Waals surface area contributed by atoms with Crippen LogP contribution in [0.3, 0.4) is 0 Å². The second-order valence-corrected chi connectivity index (χ2v) is 7.47. The average Bonchev–Trinajstić information content (AvgIpc) is 2.85. The van der Waals surface area contributed by atoms with E-state index in [1.54, 1.807) is 0 Å². The molecule has 1 aromatic heterocycles. The Morgan fingerprint density at radius 3 is 2.81 bits per heavy atom. The SMILES string of the molecule is CC(C)Nc1cccc(CC(C)C2CC3(CCOC3)C2)n1. The standard InChI is InChI=1S/C18H28N2O/c1-13(2)19-17-6-4-5-16(20-17)9-14(3)15-10-18(11-15)7-8-21-12-18/h4-6,13-15H,7-12H2,1-3H3,(H,19,20). The zero-order chi connectivity index (χ0) is 14.9. The van der Waals surface area contributed by atoms with Crippen molar-refractivity contribution in [1.29, 1.82) is 0 Å². The lowest BCUT2D eigenvalue weighted by molar-refractivity contribution is 0.0104. The van der Waals surface area contributed by atoms with Gasteiger partial charge in [0.25, 0.3) is 0 Å². The Morgan fingerprint density at radius 1 is 1.33 bits per heavy atom. The van der Waals surface area contributed by atoms with Crippen molar-refractivity contribution in [3.63, 3.8) is 0 Å². The van der Waals surface area contributed by atoms with Crippen molar-refractivity contribution in [1.82, 2.24) is 4.98 Å². The Kier molecular flexibility index (Phi) is 4.21. The zero-order valence-electron chi connectivity index (χ0n) is 13.6. The third-order valence-corrected chi connectivity index (χ3v) is 5.15. The second kappa shape index (κ2) is 5.96. The quantitative estimate of drug-likeness (QED) is 0.892. The van der Waals surface area contributed by atoms with Crippen molar-refractivity contribution in [2.45, 2.75) is 52.5 Å². The molecule has 1 aliphatic heterocycles. The fourth-order valence-electron chi connectivity index (χ4n) is 3.89. The Bertz CT molecular complexity index is 472. The summed E-state index contributed by atoms with van der Waals surface area (Å²) in [7, 11) is 0. The van der Waals surface area contributed by atoms with E-state index in [2.05, 4.69) is 44.3 Å². The minimum atomic E-state index is 0.430. The first-order valence-electron chi connectivity index (χ1n) is 8.37. The van der Waals surface area contributed by atoms with E-state index in [0.717, 1.165) is 37.3 Å². The van der Waals surface area contributed by atoms with Gasteiger partial charge in [-0.15, -0.1) is 0 Å². The van der Waals surface area contributed by atoms with E-state index in [-0.39, 0.29) is 0 Å². The van der Waals surface area contributed by atoms with Crippen molar-refractivity contribution in [2.24, 2.45) is 17.3 Å². The molecule has 1 N–H and O–H groups in total. The summed E-state index contributed by atoms with van der Waals surface area (Å²) >= 11 is 0. The first-order chi connectivity index (χ1) is 10.1. The molecule has 21 heavy (non-hydrogen) atoms. The van der Waals surface area contributed by atoms with Crippen molar-refractivity contribution in [3.05, 3.63) is 23.9 Å². The Balaban J connectivity index is 1.54. The molecule has 0 aromatic carbocycles. The van der Waals surface area contributed by atoms with Crippen molar-refractivity contribution >= 4 is 5.82 Å². The van der Waals surface area contributed by atoms with Gasteiger partial charge in [-0.1, -0.05) is 13.0 Å². The van der Waals surface area contributed by atoms with Crippen LogP contribution in [0.5, 0.6) is 0 Å². The fourth-order valence-corrected chi connectivity index (χ4v) is 3.89. The molecule has 3 heteroatoms. The maximum atomic E-state index is 5.58. The van der Waals surface area contributed by atoms with Gasteiger partial charge in [-0.25, -0.2) is 4.98 Å². The van der Waals surface area contributed by atoms with E-state index in [4.69, 9.17) is 9.72 Å². The monoisotopic (exact) mass is 288 g/mol. The molecule has 116 valence electrons. The summed E-state index contributed by atoms with van der Waals surface area (Å²) in [4.78, 5) is 4.75. The molecule has 0 bridgehead atoms. The molecule has 2 heterocycles. The molecular weight excluding hydrogens is 260 g/mol. The molecule has 1 aromatic rings. The van der Waals surface area contributed by atoms with Gasteiger partial charge >= 0.3 is 0 Å². The molecule has 1 saturated heterocycles. The highest BCUT2D eigenvalue weighted by Gasteiger charge is 2.48. The van der Waals surface area contributed by atoms with Gasteiger partial charge in [0, 0.05) is 18.3 Å². The summed E-state index contributed by atoms with van der Waals surface area (Å²) < 4.78 is 5.58. The lowest BCUT2D eigenvalue weighted by atomic mass is 9.57. The van der Waals surface area contributed by atoms with Crippen LogP contribution in [-0.2, 0) is 11.2 Å². The van der Waals surface area contributed by atoms with Crippen LogP contribution < -0.4 is 5.32 Å². The maximum Gasteiger partial charge on any atom is 0.126 e. The summed E-state index contributed by atoms with van der Waals surface area (Å²) in [5.74, 6) is 2.58. The first kappa shape index (κ1) is 14.8. The van der Waals surface area contributed by atoms with Gasteiger partial charge in [0.05, 0.1) is 6.61 Å². The largest absolute Gasteiger partial charge is 0.381 e. The minimum Gasteiger partial charge on any atom is -0.381 e. The van der Waals surface area contributed by atoms with Crippen LogP contribution in [-0.4, -0.2) is 24.2 Å². The Hall–Kier alpha value is -1.09. The van der Waals surface area contributed by atoms with Gasteiger partial charge in [0.15, 0.2) is 0 Å². The zero-order valence-corrected chi connectivity index (χ0v) is 13.6. The highest BCUT2D eigenvalue weighted by Crippen LogP contribution is 2.53. The second-order valence-electron chi connectivity index (χ2n) is 7.47. The van der Waals surface area contributed by atoms with Crippen LogP contribution in [0.4, 0.5) is 5.82 Å². The maximum absolute atomic E-state index is 5.58. The van der Waals surface area contributed by atoms with Crippen LogP contribution in [0, 0.1) is 17.3 Å². The first-order valence-corrected chi connectivity index (χ1v) is 8.37. The smallest absolute Gasteiger partial charge is 0.126 e. The lowest BCUT2D eigenvalue weighted by Crippen LogP contribution is -2.41. The minimum absolute atomic E-state index is 0.430. The Morgan fingerprint density at radius 2 is 2.14 bits per heavy atom. The van der Waals surface area contributed by atoms with Crippen molar-refractivity contribution < 1.29 is 4.74 Å². The van der Waals surface area contributed by atoms with Crippen LogP contribution in [0.15, 0.2) is 18.2 Å². The predicted octanol–water partition coefficient (Wildman–Crippen LogP) is 3.90. The third kappa shape index (κ3) is 3.39. The third-order valence-electron chi connectivity index (χ3n) is 5.15. The number of hydrogen-bond acceptors (Lipinski definition) is 3. The van der Waals surface area contributed by atoms with E-state index in [9.17, 15) is 0 Å². The molecule has 1 saturated carbocycles. The topological polar surface area (TPSA) is 34.1 Å². The summed E-state index contributed by atoms with van der Waals surface area (Å²) in [5, 5.41) is 3.39. The number of pyridine rings is 1. The van der Waals surface area contributed by atoms with Crippen LogP contribution in [0.25, 0.3) is 0 Å². The number of ether oxygens (including phenoxy) is 1. The summed E-state index contributed by atoms with van der Waals surface area (Å²) in [6.45, 7) is 8.66. The number of nitrogens with zero attached hydrogens (tertiary/aromatic N) is 1. The lowest BCUT2D eigenvalue weighted by Gasteiger charge is -2.47. The number of hydrogen-bond donors (Lipinski definition) is 1. The predicted molar refractivity (Wildman–Crippen MR) is 86.5 cm³/mol. The van der Waals surface area contributed by atoms with Gasteiger partial charge < -0.3 is 10.1 Å². The molecule has 0 radical (unpaired) electrons. The number of anilines is 1. The van der Waals surface area contributed by atoms with Gasteiger partial charge in [-0.3, -0.25) is 0 Å². The van der Waals surface area contributed by atoms with Crippen LogP contribution in [0.2, 0.25) is 0 Å². The average molecular weight is 288 g/mol. The summed E-state index contributed by atoms with van der Waals surface area (Å²) in [6.07, 6.45) is 5.09. The van der Waals surface area contributed by atoms with Crippen LogP contribution >= 0.6 is 0 Å². The molecule has 2 aliphatic rings. The van der Waals surface area contributed by atoms with Gasteiger partial charge in [0.2, 0.25) is 0 Å². The normalized spacial score (nSPS) is 29.6. The highest BCUT2D eigenvalue weighted by molar-refractivity contribution is 5.36. The van der Waals surface area contributed by atoms with E-state index in [0.29, 0.717) is 11.5 Å². The van der Waals surface area contributed by atoms with E-state index in [1.807, 2.05) is 0 Å². The number of nitrogens with one attached hydrogen (secondary N) is 1. The van der Waals surface area contributed by atoms with Crippen molar-refractivity contribution in [3.8, 4) is 0 Å². The van der Waals surface area contributed by atoms with Gasteiger partial charge in [-0.2, -0.15) is 0 Å². The highest BCUT2D eigenvalue weighted by atomic mass is 16.5. The van der Waals surface area contributed by atoms with E-state index < -0.39 is 0 Å². The molecule has 3 rings (SSSR count). The molecular formula is C18H28N2O. The van der Waals surface area contributed by atoms with Crippen LogP contribution in [0.1, 0.15) is 45.7 Å². The molecule has 2 fully saturated rings. The van der Waals surface area contributed by atoms with E-state index >= 15 is 0 Å².